The van der Waals surface area contributed by atoms with Crippen molar-refractivity contribution in [2.45, 2.75) is 109 Å². The number of pyridine rings is 1. The Balaban J connectivity index is 1.77. The fourth-order valence-electron chi connectivity index (χ4n) is 5.42. The largest absolute Gasteiger partial charge is 0.507 e. The Morgan fingerprint density at radius 1 is 1.16 bits per heavy atom. The van der Waals surface area contributed by atoms with Crippen LogP contribution in [0.3, 0.4) is 0 Å². The first-order chi connectivity index (χ1) is 15.1. The molecule has 8 atom stereocenters. The molecule has 0 aromatic carbocycles. The van der Waals surface area contributed by atoms with Gasteiger partial charge in [0.05, 0.1) is 30.0 Å². The second-order valence-corrected chi connectivity index (χ2v) is 10.3. The van der Waals surface area contributed by atoms with Gasteiger partial charge in [-0.15, -0.1) is 0 Å². The highest BCUT2D eigenvalue weighted by Gasteiger charge is 2.43. The lowest BCUT2D eigenvalue weighted by Crippen LogP contribution is -2.32. The van der Waals surface area contributed by atoms with Crippen molar-refractivity contribution in [1.29, 1.82) is 0 Å². The summed E-state index contributed by atoms with van der Waals surface area (Å²) in [5.41, 5.74) is 0.291. The summed E-state index contributed by atoms with van der Waals surface area (Å²) in [6.45, 7) is 6.79. The molecule has 1 saturated heterocycles. The molecule has 32 heavy (non-hydrogen) atoms. The molecule has 7 nitrogen and oxygen atoms in total. The number of ether oxygens (including phenoxy) is 1. The summed E-state index contributed by atoms with van der Waals surface area (Å²) >= 11 is 0. The fraction of sp³-hybridized carbons (Fsp3) is 0.800. The molecule has 2 fully saturated rings. The first kappa shape index (κ1) is 25.2. The highest BCUT2D eigenvalue weighted by molar-refractivity contribution is 5.43. The maximum Gasteiger partial charge on any atom is 0.259 e. The van der Waals surface area contributed by atoms with Gasteiger partial charge in [0.2, 0.25) is 0 Å². The monoisotopic (exact) mass is 451 g/mol. The number of nitrogens with zero attached hydrogens (tertiary/aromatic N) is 1. The summed E-state index contributed by atoms with van der Waals surface area (Å²) in [5, 5.41) is 41.4. The molecule has 2 aliphatic rings. The van der Waals surface area contributed by atoms with Crippen LogP contribution in [0.2, 0.25) is 0 Å². The SMILES string of the molecule is CC[C@H](C)C[C@H](C)CC[C@@H]1CCC[C@H](c2c(O)c([C@@H]3C[C@@H](O)[C@H](O)[C@H]3O)cn(C)c2=O)O1. The third kappa shape index (κ3) is 5.38. The van der Waals surface area contributed by atoms with Gasteiger partial charge in [-0.25, -0.2) is 0 Å². The molecule has 0 radical (unpaired) electrons. The van der Waals surface area contributed by atoms with Crippen molar-refractivity contribution in [2.75, 3.05) is 0 Å². The van der Waals surface area contributed by atoms with Gasteiger partial charge in [0, 0.05) is 24.7 Å². The molecule has 1 aromatic heterocycles. The first-order valence-corrected chi connectivity index (χ1v) is 12.3. The van der Waals surface area contributed by atoms with E-state index >= 15 is 0 Å². The molecule has 1 aromatic rings. The van der Waals surface area contributed by atoms with Gasteiger partial charge in [0.1, 0.15) is 11.9 Å². The van der Waals surface area contributed by atoms with Crippen molar-refractivity contribution in [2.24, 2.45) is 18.9 Å². The minimum Gasteiger partial charge on any atom is -0.507 e. The van der Waals surface area contributed by atoms with Gasteiger partial charge >= 0.3 is 0 Å². The van der Waals surface area contributed by atoms with Crippen LogP contribution in [-0.2, 0) is 11.8 Å². The van der Waals surface area contributed by atoms with Crippen LogP contribution in [0.4, 0.5) is 0 Å². The van der Waals surface area contributed by atoms with Crippen LogP contribution in [0.25, 0.3) is 0 Å². The minimum atomic E-state index is -1.27. The van der Waals surface area contributed by atoms with Crippen molar-refractivity contribution < 1.29 is 25.2 Å². The molecular weight excluding hydrogens is 410 g/mol. The lowest BCUT2D eigenvalue weighted by molar-refractivity contribution is -0.0588. The number of hydrogen-bond donors (Lipinski definition) is 4. The van der Waals surface area contributed by atoms with E-state index in [4.69, 9.17) is 4.74 Å². The molecule has 0 bridgehead atoms. The molecule has 0 amide bonds. The number of aromatic nitrogens is 1. The van der Waals surface area contributed by atoms with Crippen molar-refractivity contribution in [3.05, 3.63) is 27.7 Å². The molecule has 182 valence electrons. The molecule has 0 unspecified atom stereocenters. The Morgan fingerprint density at radius 3 is 2.50 bits per heavy atom. The summed E-state index contributed by atoms with van der Waals surface area (Å²) in [6.07, 6.45) is 4.59. The van der Waals surface area contributed by atoms with E-state index in [-0.39, 0.29) is 29.4 Å². The van der Waals surface area contributed by atoms with E-state index in [0.29, 0.717) is 17.9 Å². The third-order valence-corrected chi connectivity index (χ3v) is 7.62. The maximum absolute atomic E-state index is 13.0. The average molecular weight is 452 g/mol. The Morgan fingerprint density at radius 2 is 1.88 bits per heavy atom. The van der Waals surface area contributed by atoms with Crippen molar-refractivity contribution in [3.63, 3.8) is 0 Å². The molecule has 1 aliphatic heterocycles. The molecule has 2 heterocycles. The molecule has 4 N–H and O–H groups in total. The van der Waals surface area contributed by atoms with Crippen LogP contribution in [0.1, 0.15) is 95.3 Å². The van der Waals surface area contributed by atoms with E-state index in [0.717, 1.165) is 31.6 Å². The summed E-state index contributed by atoms with van der Waals surface area (Å²) in [5.74, 6) is 0.525. The lowest BCUT2D eigenvalue weighted by Gasteiger charge is -2.32. The highest BCUT2D eigenvalue weighted by Crippen LogP contribution is 2.43. The second-order valence-electron chi connectivity index (χ2n) is 10.3. The van der Waals surface area contributed by atoms with Gasteiger partial charge in [-0.3, -0.25) is 4.79 Å². The first-order valence-electron chi connectivity index (χ1n) is 12.3. The summed E-state index contributed by atoms with van der Waals surface area (Å²) in [6, 6.07) is 0. The fourth-order valence-corrected chi connectivity index (χ4v) is 5.42. The van der Waals surface area contributed by atoms with Gasteiger partial charge in [-0.2, -0.15) is 0 Å². The number of aliphatic hydroxyl groups excluding tert-OH is 3. The number of aromatic hydroxyl groups is 1. The number of aryl methyl sites for hydroxylation is 1. The Hall–Kier alpha value is -1.41. The summed E-state index contributed by atoms with van der Waals surface area (Å²) < 4.78 is 7.72. The normalized spacial score (nSPS) is 32.7. The third-order valence-electron chi connectivity index (χ3n) is 7.62. The van der Waals surface area contributed by atoms with Gasteiger partial charge in [-0.05, 0) is 56.8 Å². The Labute approximate surface area is 191 Å². The van der Waals surface area contributed by atoms with Crippen LogP contribution >= 0.6 is 0 Å². The van der Waals surface area contributed by atoms with Crippen molar-refractivity contribution in [3.8, 4) is 5.75 Å². The van der Waals surface area contributed by atoms with Gasteiger partial charge in [0.25, 0.3) is 5.56 Å². The zero-order chi connectivity index (χ0) is 23.6. The zero-order valence-corrected chi connectivity index (χ0v) is 19.9. The molecule has 1 aliphatic carbocycles. The topological polar surface area (TPSA) is 112 Å². The number of aliphatic hydroxyl groups is 3. The van der Waals surface area contributed by atoms with E-state index in [2.05, 4.69) is 20.8 Å². The van der Waals surface area contributed by atoms with Gasteiger partial charge in [0.15, 0.2) is 0 Å². The zero-order valence-electron chi connectivity index (χ0n) is 19.9. The summed E-state index contributed by atoms with van der Waals surface area (Å²) in [4.78, 5) is 13.0. The molecule has 3 rings (SSSR count). The quantitative estimate of drug-likeness (QED) is 0.483. The highest BCUT2D eigenvalue weighted by atomic mass is 16.5. The van der Waals surface area contributed by atoms with Gasteiger partial charge in [-0.1, -0.05) is 27.2 Å². The maximum atomic E-state index is 13.0. The smallest absolute Gasteiger partial charge is 0.259 e. The molecular formula is C25H41NO6. The molecule has 1 saturated carbocycles. The molecule has 0 spiro atoms. The summed E-state index contributed by atoms with van der Waals surface area (Å²) in [7, 11) is 1.61. The standard InChI is InChI=1S/C25H41NO6/c1-5-14(2)11-15(3)9-10-16-7-6-8-20(32-16)21-22(28)18(13-26(4)25(21)31)17-12-19(27)24(30)23(17)29/h13-17,19-20,23-24,27-30H,5-12H2,1-4H3/t14-,15+,16-,17-,19+,20+,23-,24-/m0/s1. The Bertz CT molecular complexity index is 823. The van der Waals surface area contributed by atoms with Crippen LogP contribution in [0.15, 0.2) is 11.0 Å². The average Bonchev–Trinajstić information content (AvgIpc) is 3.02. The van der Waals surface area contributed by atoms with Crippen LogP contribution in [0.5, 0.6) is 5.75 Å². The van der Waals surface area contributed by atoms with E-state index in [1.54, 1.807) is 7.05 Å². The van der Waals surface area contributed by atoms with E-state index in [1.165, 1.54) is 23.6 Å². The number of hydrogen-bond acceptors (Lipinski definition) is 6. The van der Waals surface area contributed by atoms with E-state index in [1.807, 2.05) is 0 Å². The minimum absolute atomic E-state index is 0.0570. The predicted molar refractivity (Wildman–Crippen MR) is 123 cm³/mol. The lowest BCUT2D eigenvalue weighted by atomic mass is 9.88. The van der Waals surface area contributed by atoms with Crippen LogP contribution in [0, 0.1) is 11.8 Å². The predicted octanol–water partition coefficient (Wildman–Crippen LogP) is 3.12. The van der Waals surface area contributed by atoms with Gasteiger partial charge < -0.3 is 29.7 Å². The van der Waals surface area contributed by atoms with Crippen LogP contribution < -0.4 is 5.56 Å². The van der Waals surface area contributed by atoms with E-state index < -0.39 is 30.3 Å². The Kier molecular flexibility index (Phi) is 8.42. The van der Waals surface area contributed by atoms with Crippen molar-refractivity contribution >= 4 is 0 Å². The second kappa shape index (κ2) is 10.7. The van der Waals surface area contributed by atoms with Crippen molar-refractivity contribution in [1.82, 2.24) is 4.57 Å². The van der Waals surface area contributed by atoms with Crippen LogP contribution in [-0.4, -0.2) is 49.4 Å². The molecule has 7 heteroatoms. The number of rotatable bonds is 8. The van der Waals surface area contributed by atoms with E-state index in [9.17, 15) is 25.2 Å².